The highest BCUT2D eigenvalue weighted by atomic mass is 16.5. The molecule has 0 saturated heterocycles. The van der Waals surface area contributed by atoms with E-state index in [1.54, 1.807) is 6.08 Å². The third-order valence-electron chi connectivity index (χ3n) is 6.13. The van der Waals surface area contributed by atoms with Gasteiger partial charge in [-0.05, 0) is 41.8 Å². The van der Waals surface area contributed by atoms with Crippen LogP contribution in [0.25, 0.3) is 0 Å². The first kappa shape index (κ1) is 25.2. The Kier molecular flexibility index (Phi) is 8.53. The average molecular weight is 485 g/mol. The smallest absolute Gasteiger partial charge is 0.252 e. The number of carbonyl (C=O) groups excluding carboxylic acids is 1. The molecule has 6 heteroatoms. The first-order valence-electron chi connectivity index (χ1n) is 12.2. The zero-order valence-corrected chi connectivity index (χ0v) is 20.3. The van der Waals surface area contributed by atoms with Gasteiger partial charge in [-0.1, -0.05) is 66.7 Å². The van der Waals surface area contributed by atoms with Crippen LogP contribution in [0, 0.1) is 0 Å². The van der Waals surface area contributed by atoms with Crippen LogP contribution in [0.2, 0.25) is 0 Å². The predicted molar refractivity (Wildman–Crippen MR) is 141 cm³/mol. The van der Waals surface area contributed by atoms with E-state index < -0.39 is 11.6 Å². The number of aliphatic hydroxyl groups excluding tert-OH is 1. The molecule has 0 spiro atoms. The molecule has 1 aliphatic rings. The Morgan fingerprint density at radius 2 is 1.75 bits per heavy atom. The molecular weight excluding hydrogens is 452 g/mol. The van der Waals surface area contributed by atoms with E-state index in [2.05, 4.69) is 11.9 Å². The second-order valence-corrected chi connectivity index (χ2v) is 8.68. The van der Waals surface area contributed by atoms with E-state index in [0.717, 1.165) is 23.1 Å². The third kappa shape index (κ3) is 5.83. The Bertz CT molecular complexity index is 1160. The van der Waals surface area contributed by atoms with Crippen molar-refractivity contribution in [3.8, 4) is 5.75 Å². The summed E-state index contributed by atoms with van der Waals surface area (Å²) in [6.07, 6.45) is 2.75. The second kappa shape index (κ2) is 12.2. The standard InChI is InChI=1S/C30H32N2O4/c1-2-19-30(29(34)31-20-18-23-10-5-3-6-11-23)27(24-12-7-4-8-13-24)36-28(32-30)25-14-16-26(17-15-25)35-22-9-21-33/h2-8,10-17,27,33H,1,9,18-22H2,(H,31,34)/t27-,30-/m1/s1. The van der Waals surface area contributed by atoms with Gasteiger partial charge in [0.25, 0.3) is 5.91 Å². The minimum Gasteiger partial charge on any atom is -0.494 e. The molecule has 4 rings (SSSR count). The number of nitrogens with one attached hydrogen (secondary N) is 1. The van der Waals surface area contributed by atoms with Crippen molar-refractivity contribution in [1.82, 2.24) is 5.32 Å². The molecule has 6 nitrogen and oxygen atoms in total. The molecule has 0 unspecified atom stereocenters. The van der Waals surface area contributed by atoms with Gasteiger partial charge in [0.05, 0.1) is 6.61 Å². The molecule has 1 heterocycles. The number of aliphatic hydroxyl groups is 1. The fourth-order valence-electron chi connectivity index (χ4n) is 4.28. The van der Waals surface area contributed by atoms with Crippen molar-refractivity contribution in [3.05, 3.63) is 114 Å². The summed E-state index contributed by atoms with van der Waals surface area (Å²) in [4.78, 5) is 18.6. The lowest BCUT2D eigenvalue weighted by Crippen LogP contribution is -2.48. The maximum absolute atomic E-state index is 13.7. The van der Waals surface area contributed by atoms with Crippen LogP contribution in [-0.4, -0.2) is 42.2 Å². The molecule has 3 aromatic carbocycles. The molecule has 0 radical (unpaired) electrons. The minimum absolute atomic E-state index is 0.0857. The van der Waals surface area contributed by atoms with Crippen LogP contribution in [0.15, 0.2) is 103 Å². The van der Waals surface area contributed by atoms with Gasteiger partial charge in [0.2, 0.25) is 5.90 Å². The number of amides is 1. The van der Waals surface area contributed by atoms with Gasteiger partial charge >= 0.3 is 0 Å². The van der Waals surface area contributed by atoms with Crippen molar-refractivity contribution < 1.29 is 19.4 Å². The van der Waals surface area contributed by atoms with Crippen LogP contribution in [0.1, 0.15) is 35.6 Å². The van der Waals surface area contributed by atoms with E-state index in [9.17, 15) is 4.79 Å². The van der Waals surface area contributed by atoms with E-state index in [0.29, 0.717) is 37.6 Å². The van der Waals surface area contributed by atoms with Crippen LogP contribution in [0.4, 0.5) is 0 Å². The first-order valence-corrected chi connectivity index (χ1v) is 12.2. The van der Waals surface area contributed by atoms with E-state index in [4.69, 9.17) is 19.6 Å². The van der Waals surface area contributed by atoms with Gasteiger partial charge in [-0.3, -0.25) is 4.79 Å². The predicted octanol–water partition coefficient (Wildman–Crippen LogP) is 4.64. The van der Waals surface area contributed by atoms with Gasteiger partial charge in [-0.2, -0.15) is 0 Å². The molecule has 1 aliphatic heterocycles. The summed E-state index contributed by atoms with van der Waals surface area (Å²) >= 11 is 0. The highest BCUT2D eigenvalue weighted by molar-refractivity contribution is 6.01. The summed E-state index contributed by atoms with van der Waals surface area (Å²) in [5.41, 5.74) is 1.61. The summed E-state index contributed by atoms with van der Waals surface area (Å²) in [5.74, 6) is 0.915. The number of carbonyl (C=O) groups is 1. The third-order valence-corrected chi connectivity index (χ3v) is 6.13. The van der Waals surface area contributed by atoms with Crippen LogP contribution in [0.3, 0.4) is 0 Å². The average Bonchev–Trinajstić information content (AvgIpc) is 3.31. The zero-order valence-electron chi connectivity index (χ0n) is 20.3. The fraction of sp³-hybridized carbons (Fsp3) is 0.267. The van der Waals surface area contributed by atoms with Crippen LogP contribution >= 0.6 is 0 Å². The molecule has 0 aromatic heterocycles. The van der Waals surface area contributed by atoms with E-state index in [-0.39, 0.29) is 12.5 Å². The van der Waals surface area contributed by atoms with Crippen molar-refractivity contribution in [2.75, 3.05) is 19.8 Å². The molecule has 0 bridgehead atoms. The molecule has 0 aliphatic carbocycles. The van der Waals surface area contributed by atoms with Crippen molar-refractivity contribution in [3.63, 3.8) is 0 Å². The molecule has 2 N–H and O–H groups in total. The fourth-order valence-corrected chi connectivity index (χ4v) is 4.28. The maximum Gasteiger partial charge on any atom is 0.252 e. The largest absolute Gasteiger partial charge is 0.494 e. The van der Waals surface area contributed by atoms with Gasteiger partial charge in [0, 0.05) is 31.6 Å². The Morgan fingerprint density at radius 3 is 2.42 bits per heavy atom. The SMILES string of the molecule is C=CC[C@@]1(C(=O)NCCc2ccccc2)N=C(c2ccc(OCCCO)cc2)O[C@@H]1c1ccccc1. The zero-order chi connectivity index (χ0) is 25.2. The Balaban J connectivity index is 1.60. The number of nitrogens with zero attached hydrogens (tertiary/aromatic N) is 1. The molecular formula is C30H32N2O4. The van der Waals surface area contributed by atoms with Gasteiger partial charge < -0.3 is 19.9 Å². The lowest BCUT2D eigenvalue weighted by molar-refractivity contribution is -0.128. The summed E-state index contributed by atoms with van der Waals surface area (Å²) < 4.78 is 12.0. The van der Waals surface area contributed by atoms with Crippen LogP contribution in [-0.2, 0) is 16.0 Å². The van der Waals surface area contributed by atoms with E-state index in [1.807, 2.05) is 84.9 Å². The molecule has 36 heavy (non-hydrogen) atoms. The van der Waals surface area contributed by atoms with Crippen molar-refractivity contribution in [2.24, 2.45) is 4.99 Å². The topological polar surface area (TPSA) is 80.2 Å². The highest BCUT2D eigenvalue weighted by Crippen LogP contribution is 2.42. The van der Waals surface area contributed by atoms with E-state index >= 15 is 0 Å². The summed E-state index contributed by atoms with van der Waals surface area (Å²) in [6.45, 7) is 4.93. The maximum atomic E-state index is 13.7. The van der Waals surface area contributed by atoms with Crippen LogP contribution in [0.5, 0.6) is 5.75 Å². The van der Waals surface area contributed by atoms with Crippen molar-refractivity contribution in [2.45, 2.75) is 30.9 Å². The first-order chi connectivity index (χ1) is 17.7. The summed E-state index contributed by atoms with van der Waals surface area (Å²) in [6, 6.07) is 27.2. The Morgan fingerprint density at radius 1 is 1.06 bits per heavy atom. The molecule has 2 atom stereocenters. The molecule has 0 fully saturated rings. The lowest BCUT2D eigenvalue weighted by atomic mass is 9.84. The van der Waals surface area contributed by atoms with E-state index in [1.165, 1.54) is 0 Å². The minimum atomic E-state index is -1.18. The van der Waals surface area contributed by atoms with Gasteiger partial charge in [0.1, 0.15) is 5.75 Å². The molecule has 3 aromatic rings. The lowest BCUT2D eigenvalue weighted by Gasteiger charge is -2.29. The van der Waals surface area contributed by atoms with Gasteiger partial charge in [0.15, 0.2) is 11.6 Å². The van der Waals surface area contributed by atoms with Crippen LogP contribution < -0.4 is 10.1 Å². The molecule has 1 amide bonds. The number of hydrogen-bond acceptors (Lipinski definition) is 5. The number of rotatable bonds is 12. The Hall–Kier alpha value is -3.90. The normalized spacial score (nSPS) is 18.7. The van der Waals surface area contributed by atoms with Crippen molar-refractivity contribution >= 4 is 11.8 Å². The molecule has 186 valence electrons. The number of aliphatic imine (C=N–C) groups is 1. The molecule has 0 saturated carbocycles. The van der Waals surface area contributed by atoms with Gasteiger partial charge in [-0.25, -0.2) is 4.99 Å². The quantitative estimate of drug-likeness (QED) is 0.290. The van der Waals surface area contributed by atoms with Crippen molar-refractivity contribution in [1.29, 1.82) is 0 Å². The highest BCUT2D eigenvalue weighted by Gasteiger charge is 2.52. The number of benzene rings is 3. The van der Waals surface area contributed by atoms with Gasteiger partial charge in [-0.15, -0.1) is 6.58 Å². The summed E-state index contributed by atoms with van der Waals surface area (Å²) in [5, 5.41) is 12.0. The Labute approximate surface area is 212 Å². The monoisotopic (exact) mass is 484 g/mol. The second-order valence-electron chi connectivity index (χ2n) is 8.68. The number of hydrogen-bond donors (Lipinski definition) is 2. The number of ether oxygens (including phenoxy) is 2. The summed E-state index contributed by atoms with van der Waals surface area (Å²) in [7, 11) is 0.